The molecular weight excluding hydrogens is 266 g/mol. The topological polar surface area (TPSA) is 26.0 Å². The molecule has 0 aromatic heterocycles. The van der Waals surface area contributed by atoms with E-state index in [9.17, 15) is 0 Å². The predicted octanol–water partition coefficient (Wildman–Crippen LogP) is 5.26. The van der Waals surface area contributed by atoms with Gasteiger partial charge in [0.05, 0.1) is 0 Å². The van der Waals surface area contributed by atoms with Crippen molar-refractivity contribution in [3.05, 3.63) is 77.8 Å². The van der Waals surface area contributed by atoms with Gasteiger partial charge in [-0.15, -0.1) is 0 Å². The molecule has 0 saturated heterocycles. The summed E-state index contributed by atoms with van der Waals surface area (Å²) in [7, 11) is 0. The summed E-state index contributed by atoms with van der Waals surface area (Å²) in [5.74, 6) is 0. The Balaban J connectivity index is 2.00. The van der Waals surface area contributed by atoms with E-state index in [2.05, 4.69) is 36.4 Å². The molecule has 0 aliphatic carbocycles. The molecule has 0 spiro atoms. The van der Waals surface area contributed by atoms with Crippen LogP contribution in [0.5, 0.6) is 0 Å². The van der Waals surface area contributed by atoms with Gasteiger partial charge in [0.2, 0.25) is 0 Å². The van der Waals surface area contributed by atoms with Gasteiger partial charge in [-0.1, -0.05) is 66.2 Å². The Morgan fingerprint density at radius 2 is 1.25 bits per heavy atom. The van der Waals surface area contributed by atoms with Crippen LogP contribution in [0, 0.1) is 0 Å². The van der Waals surface area contributed by atoms with Gasteiger partial charge < -0.3 is 5.73 Å². The average molecular weight is 280 g/mol. The van der Waals surface area contributed by atoms with Gasteiger partial charge in [0.25, 0.3) is 0 Å². The summed E-state index contributed by atoms with van der Waals surface area (Å²) in [6.45, 7) is 0. The molecule has 3 aromatic carbocycles. The lowest BCUT2D eigenvalue weighted by molar-refractivity contribution is 1.58. The highest BCUT2D eigenvalue weighted by Crippen LogP contribution is 2.30. The van der Waals surface area contributed by atoms with Crippen LogP contribution in [0.25, 0.3) is 22.3 Å². The quantitative estimate of drug-likeness (QED) is 0.637. The summed E-state index contributed by atoms with van der Waals surface area (Å²) in [6.07, 6.45) is 0. The van der Waals surface area contributed by atoms with Crippen molar-refractivity contribution in [1.82, 2.24) is 0 Å². The van der Waals surface area contributed by atoms with Gasteiger partial charge in [0.1, 0.15) is 0 Å². The van der Waals surface area contributed by atoms with Crippen molar-refractivity contribution >= 4 is 17.3 Å². The van der Waals surface area contributed by atoms with Gasteiger partial charge in [-0.3, -0.25) is 0 Å². The number of nitrogen functional groups attached to an aromatic ring is 1. The molecule has 1 nitrogen and oxygen atoms in total. The van der Waals surface area contributed by atoms with Crippen molar-refractivity contribution in [1.29, 1.82) is 0 Å². The summed E-state index contributed by atoms with van der Waals surface area (Å²) in [5.41, 5.74) is 11.2. The molecule has 20 heavy (non-hydrogen) atoms. The molecule has 0 unspecified atom stereocenters. The zero-order valence-corrected chi connectivity index (χ0v) is 11.6. The first-order chi connectivity index (χ1) is 9.74. The standard InChI is InChI=1S/C18H14ClN/c19-16-10-11-18(20)17(12-16)15-8-6-14(7-9-15)13-4-2-1-3-5-13/h1-12H,20H2. The number of halogens is 1. The molecule has 98 valence electrons. The predicted molar refractivity (Wildman–Crippen MR) is 86.7 cm³/mol. The minimum absolute atomic E-state index is 0.696. The molecule has 2 heteroatoms. The number of rotatable bonds is 2. The second-order valence-electron chi connectivity index (χ2n) is 4.67. The Labute approximate surface area is 123 Å². The average Bonchev–Trinajstić information content (AvgIpc) is 2.51. The van der Waals surface area contributed by atoms with E-state index in [0.717, 1.165) is 16.8 Å². The molecule has 0 amide bonds. The van der Waals surface area contributed by atoms with E-state index in [-0.39, 0.29) is 0 Å². The van der Waals surface area contributed by atoms with Crippen molar-refractivity contribution < 1.29 is 0 Å². The van der Waals surface area contributed by atoms with E-state index in [1.807, 2.05) is 30.3 Å². The van der Waals surface area contributed by atoms with Gasteiger partial charge in [-0.05, 0) is 34.9 Å². The minimum Gasteiger partial charge on any atom is -0.398 e. The van der Waals surface area contributed by atoms with Crippen LogP contribution in [0.2, 0.25) is 5.02 Å². The molecular formula is C18H14ClN. The third-order valence-electron chi connectivity index (χ3n) is 3.32. The lowest BCUT2D eigenvalue weighted by atomic mass is 9.99. The number of nitrogens with two attached hydrogens (primary N) is 1. The SMILES string of the molecule is Nc1ccc(Cl)cc1-c1ccc(-c2ccccc2)cc1. The van der Waals surface area contributed by atoms with Crippen LogP contribution in [0.15, 0.2) is 72.8 Å². The van der Waals surface area contributed by atoms with Crippen LogP contribution >= 0.6 is 11.6 Å². The van der Waals surface area contributed by atoms with E-state index in [4.69, 9.17) is 17.3 Å². The van der Waals surface area contributed by atoms with E-state index < -0.39 is 0 Å². The summed E-state index contributed by atoms with van der Waals surface area (Å²) in [4.78, 5) is 0. The Kier molecular flexibility index (Phi) is 3.44. The number of hydrogen-bond donors (Lipinski definition) is 1. The van der Waals surface area contributed by atoms with E-state index in [0.29, 0.717) is 5.02 Å². The van der Waals surface area contributed by atoms with Crippen LogP contribution < -0.4 is 5.73 Å². The summed E-state index contributed by atoms with van der Waals surface area (Å²) < 4.78 is 0. The van der Waals surface area contributed by atoms with Gasteiger partial charge in [0.15, 0.2) is 0 Å². The molecule has 0 heterocycles. The van der Waals surface area contributed by atoms with E-state index >= 15 is 0 Å². The van der Waals surface area contributed by atoms with Crippen molar-refractivity contribution in [3.63, 3.8) is 0 Å². The Morgan fingerprint density at radius 3 is 1.95 bits per heavy atom. The number of benzene rings is 3. The highest BCUT2D eigenvalue weighted by molar-refractivity contribution is 6.31. The van der Waals surface area contributed by atoms with Crippen molar-refractivity contribution in [2.75, 3.05) is 5.73 Å². The summed E-state index contributed by atoms with van der Waals surface area (Å²) >= 11 is 6.04. The van der Waals surface area contributed by atoms with Crippen LogP contribution in [0.4, 0.5) is 5.69 Å². The van der Waals surface area contributed by atoms with Gasteiger partial charge in [-0.25, -0.2) is 0 Å². The smallest absolute Gasteiger partial charge is 0.0413 e. The second kappa shape index (κ2) is 5.40. The van der Waals surface area contributed by atoms with Crippen molar-refractivity contribution in [2.45, 2.75) is 0 Å². The Morgan fingerprint density at radius 1 is 0.650 bits per heavy atom. The maximum absolute atomic E-state index is 6.04. The van der Waals surface area contributed by atoms with Crippen LogP contribution in [-0.2, 0) is 0 Å². The van der Waals surface area contributed by atoms with Gasteiger partial charge in [-0.2, -0.15) is 0 Å². The van der Waals surface area contributed by atoms with Crippen LogP contribution in [-0.4, -0.2) is 0 Å². The lowest BCUT2D eigenvalue weighted by Gasteiger charge is -2.08. The molecule has 0 aliphatic heterocycles. The molecule has 0 fully saturated rings. The van der Waals surface area contributed by atoms with Crippen LogP contribution in [0.3, 0.4) is 0 Å². The fourth-order valence-electron chi connectivity index (χ4n) is 2.25. The molecule has 2 N–H and O–H groups in total. The first kappa shape index (κ1) is 12.8. The first-order valence-corrected chi connectivity index (χ1v) is 6.83. The Bertz CT molecular complexity index is 718. The molecule has 0 bridgehead atoms. The second-order valence-corrected chi connectivity index (χ2v) is 5.11. The van der Waals surface area contributed by atoms with Gasteiger partial charge in [0, 0.05) is 16.3 Å². The zero-order valence-electron chi connectivity index (χ0n) is 10.9. The summed E-state index contributed by atoms with van der Waals surface area (Å²) in [5, 5.41) is 0.696. The highest BCUT2D eigenvalue weighted by atomic mass is 35.5. The zero-order chi connectivity index (χ0) is 13.9. The fraction of sp³-hybridized carbons (Fsp3) is 0. The minimum atomic E-state index is 0.696. The molecule has 0 radical (unpaired) electrons. The largest absolute Gasteiger partial charge is 0.398 e. The normalized spacial score (nSPS) is 10.4. The molecule has 0 saturated carbocycles. The maximum atomic E-state index is 6.04. The number of hydrogen-bond acceptors (Lipinski definition) is 1. The monoisotopic (exact) mass is 279 g/mol. The molecule has 0 aliphatic rings. The maximum Gasteiger partial charge on any atom is 0.0413 e. The van der Waals surface area contributed by atoms with E-state index in [1.165, 1.54) is 11.1 Å². The summed E-state index contributed by atoms with van der Waals surface area (Å²) in [6, 6.07) is 24.2. The number of anilines is 1. The fourth-order valence-corrected chi connectivity index (χ4v) is 2.42. The van der Waals surface area contributed by atoms with E-state index in [1.54, 1.807) is 6.07 Å². The third kappa shape index (κ3) is 2.54. The first-order valence-electron chi connectivity index (χ1n) is 6.45. The highest BCUT2D eigenvalue weighted by Gasteiger charge is 2.04. The lowest BCUT2D eigenvalue weighted by Crippen LogP contribution is -1.89. The molecule has 3 aromatic rings. The van der Waals surface area contributed by atoms with Gasteiger partial charge >= 0.3 is 0 Å². The third-order valence-corrected chi connectivity index (χ3v) is 3.55. The Hall–Kier alpha value is -2.25. The van der Waals surface area contributed by atoms with Crippen LogP contribution in [0.1, 0.15) is 0 Å². The van der Waals surface area contributed by atoms with Crippen molar-refractivity contribution in [2.24, 2.45) is 0 Å². The molecule has 0 atom stereocenters. The molecule has 3 rings (SSSR count). The van der Waals surface area contributed by atoms with Crippen molar-refractivity contribution in [3.8, 4) is 22.3 Å².